The van der Waals surface area contributed by atoms with Gasteiger partial charge in [-0.05, 0) is 44.5 Å². The summed E-state index contributed by atoms with van der Waals surface area (Å²) in [6, 6.07) is 5.22. The molecule has 1 aromatic carbocycles. The van der Waals surface area contributed by atoms with Crippen LogP contribution < -0.4 is 5.32 Å². The van der Waals surface area contributed by atoms with E-state index in [9.17, 15) is 10.1 Å². The van der Waals surface area contributed by atoms with E-state index in [0.717, 1.165) is 25.3 Å². The van der Waals surface area contributed by atoms with Gasteiger partial charge in [-0.25, -0.2) is 0 Å². The second-order valence-electron chi connectivity index (χ2n) is 5.19. The van der Waals surface area contributed by atoms with Crippen LogP contribution in [0.3, 0.4) is 0 Å². The molecule has 104 valence electrons. The fraction of sp³-hybridized carbons (Fsp3) is 0.571. The quantitative estimate of drug-likeness (QED) is 0.655. The zero-order valence-electron chi connectivity index (χ0n) is 11.6. The van der Waals surface area contributed by atoms with Crippen LogP contribution in [0, 0.1) is 23.0 Å². The molecule has 0 aliphatic carbocycles. The van der Waals surface area contributed by atoms with Crippen molar-refractivity contribution in [2.24, 2.45) is 5.92 Å². The Labute approximate surface area is 113 Å². The van der Waals surface area contributed by atoms with E-state index in [1.807, 2.05) is 6.07 Å². The van der Waals surface area contributed by atoms with E-state index >= 15 is 0 Å². The van der Waals surface area contributed by atoms with Gasteiger partial charge in [0.2, 0.25) is 0 Å². The molecule has 1 heterocycles. The van der Waals surface area contributed by atoms with Crippen molar-refractivity contribution in [3.8, 4) is 0 Å². The van der Waals surface area contributed by atoms with Gasteiger partial charge in [0.15, 0.2) is 0 Å². The van der Waals surface area contributed by atoms with Gasteiger partial charge >= 0.3 is 0 Å². The van der Waals surface area contributed by atoms with Gasteiger partial charge in [0.1, 0.15) is 0 Å². The summed E-state index contributed by atoms with van der Waals surface area (Å²) < 4.78 is 0. The standard InChI is InChI=1S/C14H21N3O2/c1-3-16-7-6-12(10-16)9-15-13-4-5-14(17(18)19)11(2)8-13/h4-5,8,12,15H,3,6-7,9-10H2,1-2H3. The average molecular weight is 263 g/mol. The third kappa shape index (κ3) is 3.44. The molecule has 5 nitrogen and oxygen atoms in total. The highest BCUT2D eigenvalue weighted by atomic mass is 16.6. The number of nitro groups is 1. The third-order valence-electron chi connectivity index (χ3n) is 3.81. The highest BCUT2D eigenvalue weighted by Crippen LogP contribution is 2.22. The van der Waals surface area contributed by atoms with Crippen LogP contribution in [-0.2, 0) is 0 Å². The molecule has 0 bridgehead atoms. The molecule has 1 fully saturated rings. The number of rotatable bonds is 5. The maximum Gasteiger partial charge on any atom is 0.272 e. The molecule has 1 N–H and O–H groups in total. The topological polar surface area (TPSA) is 58.4 Å². The van der Waals surface area contributed by atoms with Gasteiger partial charge in [0.05, 0.1) is 4.92 Å². The van der Waals surface area contributed by atoms with Gasteiger partial charge in [-0.1, -0.05) is 6.92 Å². The minimum absolute atomic E-state index is 0.184. The van der Waals surface area contributed by atoms with E-state index in [2.05, 4.69) is 17.1 Å². The van der Waals surface area contributed by atoms with E-state index in [-0.39, 0.29) is 10.6 Å². The molecule has 2 rings (SSSR count). The van der Waals surface area contributed by atoms with Crippen molar-refractivity contribution in [1.29, 1.82) is 0 Å². The first-order valence-corrected chi connectivity index (χ1v) is 6.81. The van der Waals surface area contributed by atoms with Crippen molar-refractivity contribution >= 4 is 11.4 Å². The SMILES string of the molecule is CCN1CCC(CNc2ccc([N+](=O)[O-])c(C)c2)C1. The molecular formula is C14H21N3O2. The number of nitrogens with zero attached hydrogens (tertiary/aromatic N) is 2. The fourth-order valence-electron chi connectivity index (χ4n) is 2.60. The monoisotopic (exact) mass is 263 g/mol. The lowest BCUT2D eigenvalue weighted by molar-refractivity contribution is -0.385. The Balaban J connectivity index is 1.90. The summed E-state index contributed by atoms with van der Waals surface area (Å²) in [5.74, 6) is 0.676. The molecule has 0 radical (unpaired) electrons. The zero-order valence-corrected chi connectivity index (χ0v) is 11.6. The highest BCUT2D eigenvalue weighted by Gasteiger charge is 2.20. The Bertz CT molecular complexity index is 462. The van der Waals surface area contributed by atoms with Gasteiger partial charge in [-0.3, -0.25) is 10.1 Å². The highest BCUT2D eigenvalue weighted by molar-refractivity contribution is 5.53. The Morgan fingerprint density at radius 1 is 1.53 bits per heavy atom. The molecule has 1 saturated heterocycles. The zero-order chi connectivity index (χ0) is 13.8. The first-order chi connectivity index (χ1) is 9.10. The molecule has 0 amide bonds. The maximum atomic E-state index is 10.7. The molecule has 1 atom stereocenters. The van der Waals surface area contributed by atoms with E-state index < -0.39 is 0 Å². The number of hydrogen-bond acceptors (Lipinski definition) is 4. The summed E-state index contributed by atoms with van der Waals surface area (Å²) >= 11 is 0. The third-order valence-corrected chi connectivity index (χ3v) is 3.81. The maximum absolute atomic E-state index is 10.7. The van der Waals surface area contributed by atoms with Gasteiger partial charge in [0.25, 0.3) is 5.69 Å². The van der Waals surface area contributed by atoms with Crippen LogP contribution in [0.2, 0.25) is 0 Å². The largest absolute Gasteiger partial charge is 0.385 e. The average Bonchev–Trinajstić information content (AvgIpc) is 2.84. The van der Waals surface area contributed by atoms with Crippen LogP contribution in [0.4, 0.5) is 11.4 Å². The van der Waals surface area contributed by atoms with Crippen LogP contribution in [0.15, 0.2) is 18.2 Å². The fourth-order valence-corrected chi connectivity index (χ4v) is 2.60. The summed E-state index contributed by atoms with van der Waals surface area (Å²) in [6.07, 6.45) is 1.23. The molecule has 1 aliphatic heterocycles. The van der Waals surface area contributed by atoms with Crippen molar-refractivity contribution in [2.45, 2.75) is 20.3 Å². The summed E-state index contributed by atoms with van der Waals surface area (Å²) in [4.78, 5) is 12.9. The van der Waals surface area contributed by atoms with Crippen molar-refractivity contribution in [1.82, 2.24) is 4.90 Å². The minimum Gasteiger partial charge on any atom is -0.385 e. The number of aryl methyl sites for hydroxylation is 1. The first-order valence-electron chi connectivity index (χ1n) is 6.81. The van der Waals surface area contributed by atoms with E-state index in [0.29, 0.717) is 11.5 Å². The molecular weight excluding hydrogens is 242 g/mol. The lowest BCUT2D eigenvalue weighted by Crippen LogP contribution is -2.22. The number of nitrogens with one attached hydrogen (secondary N) is 1. The van der Waals surface area contributed by atoms with Crippen molar-refractivity contribution < 1.29 is 4.92 Å². The van der Waals surface area contributed by atoms with Crippen molar-refractivity contribution in [3.05, 3.63) is 33.9 Å². The Morgan fingerprint density at radius 2 is 2.32 bits per heavy atom. The molecule has 5 heteroatoms. The number of benzene rings is 1. The number of likely N-dealkylation sites (tertiary alicyclic amines) is 1. The normalized spacial score (nSPS) is 19.6. The van der Waals surface area contributed by atoms with Crippen LogP contribution in [0.5, 0.6) is 0 Å². The molecule has 1 aromatic rings. The number of nitro benzene ring substituents is 1. The van der Waals surface area contributed by atoms with Crippen LogP contribution in [0.25, 0.3) is 0 Å². The minimum atomic E-state index is -0.338. The van der Waals surface area contributed by atoms with Gasteiger partial charge in [-0.2, -0.15) is 0 Å². The Hall–Kier alpha value is -1.62. The van der Waals surface area contributed by atoms with Gasteiger partial charge in [0, 0.05) is 30.4 Å². The number of hydrogen-bond donors (Lipinski definition) is 1. The second-order valence-corrected chi connectivity index (χ2v) is 5.19. The van der Waals surface area contributed by atoms with Crippen LogP contribution >= 0.6 is 0 Å². The lowest BCUT2D eigenvalue weighted by atomic mass is 10.1. The van der Waals surface area contributed by atoms with Crippen molar-refractivity contribution in [3.63, 3.8) is 0 Å². The molecule has 19 heavy (non-hydrogen) atoms. The molecule has 0 saturated carbocycles. The Morgan fingerprint density at radius 3 is 2.89 bits per heavy atom. The lowest BCUT2D eigenvalue weighted by Gasteiger charge is -2.14. The second kappa shape index (κ2) is 6.02. The van der Waals surface area contributed by atoms with Gasteiger partial charge in [-0.15, -0.1) is 0 Å². The Kier molecular flexibility index (Phi) is 4.37. The molecule has 0 aromatic heterocycles. The van der Waals surface area contributed by atoms with Crippen molar-refractivity contribution in [2.75, 3.05) is 31.5 Å². The predicted octanol–water partition coefficient (Wildman–Crippen LogP) is 2.66. The summed E-state index contributed by atoms with van der Waals surface area (Å²) in [5, 5.41) is 14.1. The predicted molar refractivity (Wildman–Crippen MR) is 76.5 cm³/mol. The molecule has 0 spiro atoms. The smallest absolute Gasteiger partial charge is 0.272 e. The van der Waals surface area contributed by atoms with E-state index in [1.54, 1.807) is 19.1 Å². The summed E-state index contributed by atoms with van der Waals surface area (Å²) in [7, 11) is 0. The van der Waals surface area contributed by atoms with E-state index in [1.165, 1.54) is 13.0 Å². The van der Waals surface area contributed by atoms with Crippen LogP contribution in [-0.4, -0.2) is 36.0 Å². The van der Waals surface area contributed by atoms with Crippen LogP contribution in [0.1, 0.15) is 18.9 Å². The molecule has 1 aliphatic rings. The first kappa shape index (κ1) is 13.8. The number of anilines is 1. The summed E-state index contributed by atoms with van der Waals surface area (Å²) in [5.41, 5.74) is 1.86. The van der Waals surface area contributed by atoms with Gasteiger partial charge < -0.3 is 10.2 Å². The summed E-state index contributed by atoms with van der Waals surface area (Å²) in [6.45, 7) is 8.35. The molecule has 1 unspecified atom stereocenters. The van der Waals surface area contributed by atoms with E-state index in [4.69, 9.17) is 0 Å².